The fraction of sp³-hybridized carbons (Fsp3) is 0.370. The Morgan fingerprint density at radius 1 is 0.618 bits per heavy atom. The number of ketones is 1. The number of hydrogen-bond acceptors (Lipinski definition) is 7. The zero-order chi connectivity index (χ0) is 24.8. The van der Waals surface area contributed by atoms with E-state index >= 15 is 0 Å². The van der Waals surface area contributed by atoms with Crippen LogP contribution in [0.15, 0.2) is 35.4 Å². The second-order valence-electron chi connectivity index (χ2n) is 8.03. The van der Waals surface area contributed by atoms with Crippen LogP contribution in [0.2, 0.25) is 0 Å². The second kappa shape index (κ2) is 11.0. The quantitative estimate of drug-likeness (QED) is 0.493. The maximum Gasteiger partial charge on any atom is 0.203 e. The Labute approximate surface area is 200 Å². The van der Waals surface area contributed by atoms with Crippen LogP contribution in [-0.2, 0) is 4.79 Å². The van der Waals surface area contributed by atoms with Gasteiger partial charge in [-0.2, -0.15) is 0 Å². The van der Waals surface area contributed by atoms with E-state index in [1.165, 1.54) is 0 Å². The number of carbonyl (C=O) groups is 1. The van der Waals surface area contributed by atoms with Gasteiger partial charge in [0, 0.05) is 22.3 Å². The van der Waals surface area contributed by atoms with Gasteiger partial charge in [-0.3, -0.25) is 4.79 Å². The molecule has 1 aliphatic rings. The molecule has 1 fully saturated rings. The minimum Gasteiger partial charge on any atom is -0.493 e. The van der Waals surface area contributed by atoms with Gasteiger partial charge in [0.25, 0.3) is 0 Å². The first-order chi connectivity index (χ1) is 16.4. The Bertz CT molecular complexity index is 1030. The molecule has 0 aromatic heterocycles. The van der Waals surface area contributed by atoms with Gasteiger partial charge in [-0.1, -0.05) is 6.92 Å². The van der Waals surface area contributed by atoms with Crippen molar-refractivity contribution in [2.75, 3.05) is 42.7 Å². The lowest BCUT2D eigenvalue weighted by molar-refractivity contribution is -0.113. The van der Waals surface area contributed by atoms with Crippen molar-refractivity contribution in [2.45, 2.75) is 19.8 Å². The van der Waals surface area contributed by atoms with Crippen molar-refractivity contribution in [3.8, 4) is 34.5 Å². The summed E-state index contributed by atoms with van der Waals surface area (Å²) in [4.78, 5) is 13.5. The lowest BCUT2D eigenvalue weighted by Crippen LogP contribution is -2.18. The summed E-state index contributed by atoms with van der Waals surface area (Å²) in [5.41, 5.74) is 2.91. The van der Waals surface area contributed by atoms with Gasteiger partial charge < -0.3 is 28.4 Å². The van der Waals surface area contributed by atoms with Gasteiger partial charge in [-0.15, -0.1) is 0 Å². The molecule has 1 saturated carbocycles. The van der Waals surface area contributed by atoms with Crippen molar-refractivity contribution in [2.24, 2.45) is 5.92 Å². The van der Waals surface area contributed by atoms with Crippen molar-refractivity contribution in [3.05, 3.63) is 46.5 Å². The zero-order valence-corrected chi connectivity index (χ0v) is 20.8. The van der Waals surface area contributed by atoms with Crippen LogP contribution in [-0.4, -0.2) is 48.4 Å². The van der Waals surface area contributed by atoms with Crippen LogP contribution in [0.5, 0.6) is 34.5 Å². The Kier molecular flexibility index (Phi) is 8.10. The number of allylic oxidation sites excluding steroid dienone is 2. The highest BCUT2D eigenvalue weighted by Crippen LogP contribution is 2.43. The minimum atomic E-state index is -0.00761. The van der Waals surface area contributed by atoms with Gasteiger partial charge in [0.15, 0.2) is 28.8 Å². The van der Waals surface area contributed by atoms with Crippen molar-refractivity contribution >= 4 is 17.9 Å². The average molecular weight is 469 g/mol. The number of rotatable bonds is 8. The highest BCUT2D eigenvalue weighted by atomic mass is 16.5. The number of ether oxygens (including phenoxy) is 6. The molecular formula is C27H32O7. The van der Waals surface area contributed by atoms with Crippen LogP contribution < -0.4 is 28.4 Å². The molecule has 0 unspecified atom stereocenters. The SMILES string of the molecule is COc1ccc(/C=C2\CC(C)C/C(=C\c3ccc(OC)c(OC)c3OC)C2=O)c(OC)c1OC. The third kappa shape index (κ3) is 4.83. The van der Waals surface area contributed by atoms with Crippen LogP contribution in [0.1, 0.15) is 30.9 Å². The molecule has 0 aliphatic heterocycles. The number of benzene rings is 2. The first-order valence-corrected chi connectivity index (χ1v) is 11.0. The summed E-state index contributed by atoms with van der Waals surface area (Å²) in [6.07, 6.45) is 5.07. The van der Waals surface area contributed by atoms with Gasteiger partial charge in [0.2, 0.25) is 11.5 Å². The largest absolute Gasteiger partial charge is 0.493 e. The number of carbonyl (C=O) groups excluding carboxylic acids is 1. The Balaban J connectivity index is 2.07. The van der Waals surface area contributed by atoms with Crippen molar-refractivity contribution < 1.29 is 33.2 Å². The molecule has 0 bridgehead atoms. The fourth-order valence-corrected chi connectivity index (χ4v) is 4.32. The van der Waals surface area contributed by atoms with Crippen molar-refractivity contribution in [1.29, 1.82) is 0 Å². The topological polar surface area (TPSA) is 72.5 Å². The molecule has 0 N–H and O–H groups in total. The number of methoxy groups -OCH3 is 6. The molecule has 7 heteroatoms. The minimum absolute atomic E-state index is 0.00761. The summed E-state index contributed by atoms with van der Waals surface area (Å²) in [5.74, 6) is 3.42. The van der Waals surface area contributed by atoms with Crippen LogP contribution in [0, 0.1) is 5.92 Å². The molecule has 0 saturated heterocycles. The predicted molar refractivity (Wildman–Crippen MR) is 132 cm³/mol. The third-order valence-corrected chi connectivity index (χ3v) is 5.85. The smallest absolute Gasteiger partial charge is 0.203 e. The van der Waals surface area contributed by atoms with E-state index in [1.807, 2.05) is 24.3 Å². The van der Waals surface area contributed by atoms with E-state index in [0.717, 1.165) is 11.1 Å². The third-order valence-electron chi connectivity index (χ3n) is 5.85. The highest BCUT2D eigenvalue weighted by Gasteiger charge is 2.27. The normalized spacial score (nSPS) is 18.1. The molecule has 0 atom stereocenters. The van der Waals surface area contributed by atoms with E-state index in [1.54, 1.807) is 54.8 Å². The Hall–Kier alpha value is -3.61. The number of hydrogen-bond donors (Lipinski definition) is 0. The fourth-order valence-electron chi connectivity index (χ4n) is 4.32. The number of Topliss-reactive ketones (excluding diaryl/α,β-unsaturated/α-hetero) is 1. The van der Waals surface area contributed by atoms with Gasteiger partial charge in [-0.25, -0.2) is 0 Å². The molecule has 0 amide bonds. The molecule has 1 aliphatic carbocycles. The maximum atomic E-state index is 13.5. The monoisotopic (exact) mass is 468 g/mol. The van der Waals surface area contributed by atoms with Crippen LogP contribution in [0.3, 0.4) is 0 Å². The summed E-state index contributed by atoms with van der Waals surface area (Å²) in [6, 6.07) is 7.33. The van der Waals surface area contributed by atoms with Gasteiger partial charge in [0.05, 0.1) is 42.7 Å². The maximum absolute atomic E-state index is 13.5. The summed E-state index contributed by atoms with van der Waals surface area (Å²) in [6.45, 7) is 2.13. The van der Waals surface area contributed by atoms with Crippen LogP contribution in [0.4, 0.5) is 0 Å². The van der Waals surface area contributed by atoms with Gasteiger partial charge in [0.1, 0.15) is 0 Å². The van der Waals surface area contributed by atoms with E-state index < -0.39 is 0 Å². The standard InChI is InChI=1S/C27H32O7/c1-16-12-19(14-17-8-10-21(29-2)26(33-6)24(17)31-4)23(28)20(13-16)15-18-9-11-22(30-3)27(34-7)25(18)32-5/h8-11,14-16H,12-13H2,1-7H3/b19-14+,20-15+. The molecule has 34 heavy (non-hydrogen) atoms. The van der Waals surface area contributed by atoms with Crippen molar-refractivity contribution in [1.82, 2.24) is 0 Å². The van der Waals surface area contributed by atoms with E-state index in [9.17, 15) is 4.79 Å². The molecule has 2 aromatic rings. The van der Waals surface area contributed by atoms with E-state index in [2.05, 4.69) is 6.92 Å². The molecule has 3 rings (SSSR count). The molecule has 2 aromatic carbocycles. The molecule has 0 spiro atoms. The first-order valence-electron chi connectivity index (χ1n) is 11.0. The Morgan fingerprint density at radius 3 is 1.32 bits per heavy atom. The van der Waals surface area contributed by atoms with E-state index in [0.29, 0.717) is 58.5 Å². The lowest BCUT2D eigenvalue weighted by Gasteiger charge is -2.23. The molecule has 0 heterocycles. The molecule has 0 radical (unpaired) electrons. The molecule has 7 nitrogen and oxygen atoms in total. The Morgan fingerprint density at radius 2 is 1.00 bits per heavy atom. The van der Waals surface area contributed by atoms with E-state index in [4.69, 9.17) is 28.4 Å². The van der Waals surface area contributed by atoms with Gasteiger partial charge in [-0.05, 0) is 55.2 Å². The first kappa shape index (κ1) is 25.0. The zero-order valence-electron chi connectivity index (χ0n) is 20.8. The molecule has 182 valence electrons. The van der Waals surface area contributed by atoms with E-state index in [-0.39, 0.29) is 11.7 Å². The lowest BCUT2D eigenvalue weighted by atomic mass is 9.80. The predicted octanol–water partition coefficient (Wildman–Crippen LogP) is 5.20. The highest BCUT2D eigenvalue weighted by molar-refractivity contribution is 6.14. The summed E-state index contributed by atoms with van der Waals surface area (Å²) >= 11 is 0. The summed E-state index contributed by atoms with van der Waals surface area (Å²) in [7, 11) is 9.39. The summed E-state index contributed by atoms with van der Waals surface area (Å²) in [5, 5.41) is 0. The average Bonchev–Trinajstić information content (AvgIpc) is 2.85. The van der Waals surface area contributed by atoms with Crippen molar-refractivity contribution in [3.63, 3.8) is 0 Å². The second-order valence-corrected chi connectivity index (χ2v) is 8.03. The molecular weight excluding hydrogens is 436 g/mol. The van der Waals surface area contributed by atoms with Crippen LogP contribution in [0.25, 0.3) is 12.2 Å². The van der Waals surface area contributed by atoms with Crippen LogP contribution >= 0.6 is 0 Å². The summed E-state index contributed by atoms with van der Waals surface area (Å²) < 4.78 is 32.9. The van der Waals surface area contributed by atoms with Gasteiger partial charge >= 0.3 is 0 Å².